The molecule has 1 fully saturated rings. The van der Waals surface area contributed by atoms with Gasteiger partial charge in [-0.1, -0.05) is 19.1 Å². The molecule has 1 aromatic rings. The van der Waals surface area contributed by atoms with Crippen LogP contribution in [0.15, 0.2) is 24.3 Å². The summed E-state index contributed by atoms with van der Waals surface area (Å²) in [5, 5.41) is 3.13. The Balaban J connectivity index is 1.86. The van der Waals surface area contributed by atoms with Crippen LogP contribution in [0.25, 0.3) is 0 Å². The van der Waals surface area contributed by atoms with Gasteiger partial charge in [0.05, 0.1) is 7.11 Å². The largest absolute Gasteiger partial charge is 0.497 e. The molecule has 0 unspecified atom stereocenters. The summed E-state index contributed by atoms with van der Waals surface area (Å²) in [6.07, 6.45) is 0.936. The molecular formula is C20H34N4O2. The Bertz CT molecular complexity index is 558. The van der Waals surface area contributed by atoms with Crippen molar-refractivity contribution in [2.24, 2.45) is 0 Å². The maximum atomic E-state index is 12.7. The molecule has 1 N–H and O–H groups in total. The van der Waals surface area contributed by atoms with Gasteiger partial charge in [-0.15, -0.1) is 0 Å². The van der Waals surface area contributed by atoms with Crippen molar-refractivity contribution in [3.8, 4) is 5.75 Å². The number of benzene rings is 1. The predicted octanol–water partition coefficient (Wildman–Crippen LogP) is 2.25. The molecule has 1 heterocycles. The Morgan fingerprint density at radius 2 is 2.04 bits per heavy atom. The number of piperazine rings is 1. The second kappa shape index (κ2) is 10.4. The van der Waals surface area contributed by atoms with Gasteiger partial charge in [-0.3, -0.25) is 4.90 Å². The lowest BCUT2D eigenvalue weighted by Gasteiger charge is -2.36. The molecular weight excluding hydrogens is 328 g/mol. The van der Waals surface area contributed by atoms with Crippen molar-refractivity contribution >= 4 is 6.03 Å². The fraction of sp³-hybridized carbons (Fsp3) is 0.650. The highest BCUT2D eigenvalue weighted by molar-refractivity contribution is 5.74. The number of carbonyl (C=O) groups is 1. The SMILES string of the molecule is CCCN(Cc1cccc(OC)c1)C(=O)NC[C@@H](C)N1CCN(C)CC1. The number of amides is 2. The van der Waals surface area contributed by atoms with Gasteiger partial charge in [0.2, 0.25) is 0 Å². The highest BCUT2D eigenvalue weighted by Gasteiger charge is 2.20. The first-order chi connectivity index (χ1) is 12.5. The molecule has 0 aromatic heterocycles. The van der Waals surface area contributed by atoms with Crippen LogP contribution in [-0.4, -0.2) is 80.2 Å². The van der Waals surface area contributed by atoms with E-state index in [2.05, 4.69) is 36.0 Å². The quantitative estimate of drug-likeness (QED) is 0.771. The molecule has 1 atom stereocenters. The third-order valence-corrected chi connectivity index (χ3v) is 5.00. The van der Waals surface area contributed by atoms with Gasteiger partial charge < -0.3 is 19.9 Å². The first kappa shape index (κ1) is 20.5. The summed E-state index contributed by atoms with van der Waals surface area (Å²) < 4.78 is 5.28. The van der Waals surface area contributed by atoms with Crippen molar-refractivity contribution in [2.45, 2.75) is 32.9 Å². The minimum absolute atomic E-state index is 0.00986. The van der Waals surface area contributed by atoms with Gasteiger partial charge in [-0.2, -0.15) is 0 Å². The van der Waals surface area contributed by atoms with Crippen LogP contribution in [0.4, 0.5) is 4.79 Å². The summed E-state index contributed by atoms with van der Waals surface area (Å²) in [5.41, 5.74) is 1.08. The summed E-state index contributed by atoms with van der Waals surface area (Å²) in [4.78, 5) is 19.4. The molecule has 146 valence electrons. The van der Waals surface area contributed by atoms with Crippen LogP contribution in [0.1, 0.15) is 25.8 Å². The molecule has 0 radical (unpaired) electrons. The fourth-order valence-electron chi connectivity index (χ4n) is 3.25. The van der Waals surface area contributed by atoms with E-state index in [0.717, 1.165) is 50.5 Å². The topological polar surface area (TPSA) is 48.1 Å². The minimum Gasteiger partial charge on any atom is -0.497 e. The van der Waals surface area contributed by atoms with Gasteiger partial charge in [-0.05, 0) is 38.1 Å². The van der Waals surface area contributed by atoms with E-state index in [1.807, 2.05) is 29.2 Å². The zero-order valence-corrected chi connectivity index (χ0v) is 16.7. The third kappa shape index (κ3) is 6.18. The summed E-state index contributed by atoms with van der Waals surface area (Å²) in [7, 11) is 3.82. The van der Waals surface area contributed by atoms with Crippen LogP contribution in [0.5, 0.6) is 5.75 Å². The van der Waals surface area contributed by atoms with Gasteiger partial charge in [0.15, 0.2) is 0 Å². The van der Waals surface area contributed by atoms with Crippen molar-refractivity contribution < 1.29 is 9.53 Å². The van der Waals surface area contributed by atoms with Crippen molar-refractivity contribution in [2.75, 3.05) is 53.4 Å². The minimum atomic E-state index is 0.00986. The van der Waals surface area contributed by atoms with E-state index < -0.39 is 0 Å². The van der Waals surface area contributed by atoms with Crippen LogP contribution in [0.3, 0.4) is 0 Å². The molecule has 26 heavy (non-hydrogen) atoms. The highest BCUT2D eigenvalue weighted by Crippen LogP contribution is 2.14. The number of urea groups is 1. The van der Waals surface area contributed by atoms with Crippen molar-refractivity contribution in [1.82, 2.24) is 20.0 Å². The van der Waals surface area contributed by atoms with Crippen LogP contribution in [0.2, 0.25) is 0 Å². The van der Waals surface area contributed by atoms with Gasteiger partial charge in [0, 0.05) is 51.9 Å². The number of methoxy groups -OCH3 is 1. The molecule has 0 spiro atoms. The highest BCUT2D eigenvalue weighted by atomic mass is 16.5. The van der Waals surface area contributed by atoms with E-state index in [4.69, 9.17) is 4.74 Å². The molecule has 1 aliphatic rings. The second-order valence-electron chi connectivity index (χ2n) is 7.15. The summed E-state index contributed by atoms with van der Waals surface area (Å²) in [6, 6.07) is 8.27. The lowest BCUT2D eigenvalue weighted by Crippen LogP contribution is -2.52. The molecule has 1 saturated heterocycles. The molecule has 1 aliphatic heterocycles. The molecule has 1 aromatic carbocycles. The normalized spacial score (nSPS) is 16.9. The fourth-order valence-corrected chi connectivity index (χ4v) is 3.25. The number of nitrogens with one attached hydrogen (secondary N) is 1. The van der Waals surface area contributed by atoms with E-state index in [-0.39, 0.29) is 6.03 Å². The van der Waals surface area contributed by atoms with Crippen LogP contribution in [-0.2, 0) is 6.54 Å². The lowest BCUT2D eigenvalue weighted by atomic mass is 10.2. The number of rotatable bonds is 8. The Hall–Kier alpha value is -1.79. The molecule has 2 amide bonds. The van der Waals surface area contributed by atoms with E-state index >= 15 is 0 Å². The van der Waals surface area contributed by atoms with Crippen LogP contribution < -0.4 is 10.1 Å². The van der Waals surface area contributed by atoms with Gasteiger partial charge in [0.1, 0.15) is 5.75 Å². The van der Waals surface area contributed by atoms with Crippen molar-refractivity contribution in [1.29, 1.82) is 0 Å². The Morgan fingerprint density at radius 3 is 2.69 bits per heavy atom. The summed E-state index contributed by atoms with van der Waals surface area (Å²) in [6.45, 7) is 10.6. The Labute approximate surface area is 158 Å². The van der Waals surface area contributed by atoms with Crippen LogP contribution in [0, 0.1) is 0 Å². The molecule has 0 aliphatic carbocycles. The lowest BCUT2D eigenvalue weighted by molar-refractivity contribution is 0.117. The Kier molecular flexibility index (Phi) is 8.19. The average molecular weight is 363 g/mol. The zero-order valence-electron chi connectivity index (χ0n) is 16.7. The average Bonchev–Trinajstić information content (AvgIpc) is 2.66. The number of ether oxygens (including phenoxy) is 1. The number of likely N-dealkylation sites (N-methyl/N-ethyl adjacent to an activating group) is 1. The standard InChI is InChI=1S/C20H34N4O2/c1-5-9-24(16-18-7-6-8-19(14-18)26-4)20(25)21-15-17(2)23-12-10-22(3)11-13-23/h6-8,14,17H,5,9-13,15-16H2,1-4H3,(H,21,25)/t17-/m1/s1. The number of nitrogens with zero attached hydrogens (tertiary/aromatic N) is 3. The third-order valence-electron chi connectivity index (χ3n) is 5.00. The molecule has 6 nitrogen and oxygen atoms in total. The second-order valence-corrected chi connectivity index (χ2v) is 7.15. The van der Waals surface area contributed by atoms with Crippen molar-refractivity contribution in [3.63, 3.8) is 0 Å². The first-order valence-electron chi connectivity index (χ1n) is 9.61. The van der Waals surface area contributed by atoms with E-state index in [9.17, 15) is 4.79 Å². The zero-order chi connectivity index (χ0) is 18.9. The predicted molar refractivity (Wildman–Crippen MR) is 106 cm³/mol. The maximum absolute atomic E-state index is 12.7. The van der Waals surface area contributed by atoms with Gasteiger partial charge >= 0.3 is 6.03 Å². The molecule has 0 bridgehead atoms. The monoisotopic (exact) mass is 362 g/mol. The molecule has 0 saturated carbocycles. The molecule has 6 heteroatoms. The van der Waals surface area contributed by atoms with Gasteiger partial charge in [-0.25, -0.2) is 4.79 Å². The molecule has 2 rings (SSSR count). The number of hydrogen-bond acceptors (Lipinski definition) is 4. The van der Waals surface area contributed by atoms with E-state index in [1.54, 1.807) is 7.11 Å². The van der Waals surface area contributed by atoms with Gasteiger partial charge in [0.25, 0.3) is 0 Å². The van der Waals surface area contributed by atoms with E-state index in [0.29, 0.717) is 19.1 Å². The van der Waals surface area contributed by atoms with Crippen LogP contribution >= 0.6 is 0 Å². The smallest absolute Gasteiger partial charge is 0.317 e. The number of carbonyl (C=O) groups excluding carboxylic acids is 1. The first-order valence-corrected chi connectivity index (χ1v) is 9.61. The maximum Gasteiger partial charge on any atom is 0.317 e. The Morgan fingerprint density at radius 1 is 1.31 bits per heavy atom. The van der Waals surface area contributed by atoms with E-state index in [1.165, 1.54) is 0 Å². The van der Waals surface area contributed by atoms with Crippen molar-refractivity contribution in [3.05, 3.63) is 29.8 Å². The summed E-state index contributed by atoms with van der Waals surface area (Å²) >= 11 is 0. The summed E-state index contributed by atoms with van der Waals surface area (Å²) in [5.74, 6) is 0.822. The number of hydrogen-bond donors (Lipinski definition) is 1.